The molecule has 0 bridgehead atoms. The Balaban J connectivity index is 1.24. The normalized spacial score (nSPS) is 15.7. The Morgan fingerprint density at radius 1 is 0.941 bits per heavy atom. The molecular weight excluding hydrogens is 432 g/mol. The van der Waals surface area contributed by atoms with Crippen molar-refractivity contribution in [2.45, 2.75) is 19.8 Å². The first-order valence-corrected chi connectivity index (χ1v) is 11.5. The quantitative estimate of drug-likeness (QED) is 0.600. The maximum atomic E-state index is 13.0. The van der Waals surface area contributed by atoms with Gasteiger partial charge in [-0.15, -0.1) is 0 Å². The zero-order valence-electron chi connectivity index (χ0n) is 19.0. The molecule has 1 fully saturated rings. The number of Topliss-reactive ketones (excluding diaryl/α,β-unsaturated/α-hetero) is 1. The van der Waals surface area contributed by atoms with Gasteiger partial charge in [0, 0.05) is 30.3 Å². The first-order valence-electron chi connectivity index (χ1n) is 11.5. The van der Waals surface area contributed by atoms with Gasteiger partial charge in [-0.25, -0.2) is 0 Å². The van der Waals surface area contributed by atoms with Crippen LogP contribution < -0.4 is 15.0 Å². The van der Waals surface area contributed by atoms with Crippen LogP contribution in [-0.4, -0.2) is 47.9 Å². The Bertz CT molecular complexity index is 1300. The van der Waals surface area contributed by atoms with Gasteiger partial charge in [0.15, 0.2) is 17.3 Å². The number of aromatic amines is 1. The van der Waals surface area contributed by atoms with E-state index in [1.807, 2.05) is 31.2 Å². The van der Waals surface area contributed by atoms with Crippen LogP contribution in [-0.2, 0) is 0 Å². The third-order valence-corrected chi connectivity index (χ3v) is 6.45. The summed E-state index contributed by atoms with van der Waals surface area (Å²) in [4.78, 5) is 43.2. The molecule has 1 saturated heterocycles. The van der Waals surface area contributed by atoms with E-state index < -0.39 is 5.56 Å². The summed E-state index contributed by atoms with van der Waals surface area (Å²) >= 11 is 0. The minimum Gasteiger partial charge on any atom is -0.486 e. The number of amides is 1. The molecule has 0 atom stereocenters. The van der Waals surface area contributed by atoms with E-state index in [2.05, 4.69) is 4.98 Å². The number of ketones is 1. The molecule has 1 N–H and O–H groups in total. The average molecular weight is 459 g/mol. The van der Waals surface area contributed by atoms with Gasteiger partial charge in [-0.2, -0.15) is 0 Å². The van der Waals surface area contributed by atoms with Gasteiger partial charge in [0.05, 0.1) is 0 Å². The van der Waals surface area contributed by atoms with E-state index in [1.54, 1.807) is 35.2 Å². The smallest absolute Gasteiger partial charge is 0.261 e. The number of ether oxygens (including phenoxy) is 2. The third kappa shape index (κ3) is 4.33. The summed E-state index contributed by atoms with van der Waals surface area (Å²) < 4.78 is 11.1. The molecule has 1 aromatic heterocycles. The number of aryl methyl sites for hydroxylation is 1. The maximum Gasteiger partial charge on any atom is 0.261 e. The number of carbonyl (C=O) groups excluding carboxylic acids is 2. The number of piperidine rings is 1. The molecule has 1 amide bonds. The SMILES string of the molecule is Cc1cccc(-c2ccc(C(=O)N3CCC(C(=O)c4ccc5c(c4)OCCO5)CC3)c(=O)[nH]2)c1. The molecule has 0 spiro atoms. The van der Waals surface area contributed by atoms with Crippen molar-refractivity contribution in [3.63, 3.8) is 0 Å². The van der Waals surface area contributed by atoms with Crippen molar-refractivity contribution in [2.24, 2.45) is 5.92 Å². The lowest BCUT2D eigenvalue weighted by molar-refractivity contribution is 0.0648. The highest BCUT2D eigenvalue weighted by Crippen LogP contribution is 2.32. The first kappa shape index (κ1) is 21.9. The predicted octanol–water partition coefficient (Wildman–Crippen LogP) is 3.86. The molecule has 5 rings (SSSR count). The fourth-order valence-electron chi connectivity index (χ4n) is 4.57. The summed E-state index contributed by atoms with van der Waals surface area (Å²) in [7, 11) is 0. The molecule has 2 aromatic carbocycles. The van der Waals surface area contributed by atoms with Gasteiger partial charge < -0.3 is 19.4 Å². The minimum atomic E-state index is -0.404. The van der Waals surface area contributed by atoms with Crippen molar-refractivity contribution < 1.29 is 19.1 Å². The Labute approximate surface area is 197 Å². The Hall–Kier alpha value is -3.87. The van der Waals surface area contributed by atoms with Crippen LogP contribution in [0, 0.1) is 12.8 Å². The first-order chi connectivity index (χ1) is 16.5. The lowest BCUT2D eigenvalue weighted by Crippen LogP contribution is -2.42. The number of aromatic nitrogens is 1. The number of nitrogens with zero attached hydrogens (tertiary/aromatic N) is 1. The topological polar surface area (TPSA) is 88.7 Å². The molecule has 3 aromatic rings. The van der Waals surface area contributed by atoms with Gasteiger partial charge in [-0.1, -0.05) is 23.8 Å². The molecule has 0 aliphatic carbocycles. The number of fused-ring (bicyclic) bond motifs is 1. The molecule has 0 unspecified atom stereocenters. The van der Waals surface area contributed by atoms with Crippen LogP contribution in [0.4, 0.5) is 0 Å². The summed E-state index contributed by atoms with van der Waals surface area (Å²) in [6.45, 7) is 3.82. The summed E-state index contributed by atoms with van der Waals surface area (Å²) in [6, 6.07) is 16.5. The van der Waals surface area contributed by atoms with Gasteiger partial charge in [-0.3, -0.25) is 14.4 Å². The molecule has 2 aliphatic rings. The number of rotatable bonds is 4. The van der Waals surface area contributed by atoms with Gasteiger partial charge in [0.2, 0.25) is 0 Å². The number of likely N-dealkylation sites (tertiary alicyclic amines) is 1. The Morgan fingerprint density at radius 3 is 2.44 bits per heavy atom. The highest BCUT2D eigenvalue weighted by molar-refractivity contribution is 5.99. The highest BCUT2D eigenvalue weighted by Gasteiger charge is 2.30. The third-order valence-electron chi connectivity index (χ3n) is 6.45. The number of pyridine rings is 1. The van der Waals surface area contributed by atoms with Crippen LogP contribution in [0.2, 0.25) is 0 Å². The van der Waals surface area contributed by atoms with Gasteiger partial charge in [0.25, 0.3) is 11.5 Å². The van der Waals surface area contributed by atoms with Crippen LogP contribution in [0.5, 0.6) is 11.5 Å². The molecule has 0 radical (unpaired) electrons. The van der Waals surface area contributed by atoms with Gasteiger partial charge in [-0.05, 0) is 61.7 Å². The van der Waals surface area contributed by atoms with E-state index >= 15 is 0 Å². The molecule has 0 saturated carbocycles. The molecular formula is C27H26N2O5. The van der Waals surface area contributed by atoms with E-state index in [-0.39, 0.29) is 23.2 Å². The monoisotopic (exact) mass is 458 g/mol. The van der Waals surface area contributed by atoms with E-state index in [1.165, 1.54) is 0 Å². The van der Waals surface area contributed by atoms with Crippen LogP contribution in [0.25, 0.3) is 11.3 Å². The maximum absolute atomic E-state index is 13.0. The largest absolute Gasteiger partial charge is 0.486 e. The Kier molecular flexibility index (Phi) is 5.92. The number of hydrogen-bond acceptors (Lipinski definition) is 5. The van der Waals surface area contributed by atoms with E-state index in [0.29, 0.717) is 61.9 Å². The second-order valence-corrected chi connectivity index (χ2v) is 8.77. The zero-order chi connectivity index (χ0) is 23.7. The van der Waals surface area contributed by atoms with Crippen molar-refractivity contribution in [3.8, 4) is 22.8 Å². The van der Waals surface area contributed by atoms with Crippen molar-refractivity contribution >= 4 is 11.7 Å². The molecule has 34 heavy (non-hydrogen) atoms. The predicted molar refractivity (Wildman–Crippen MR) is 128 cm³/mol. The average Bonchev–Trinajstić information content (AvgIpc) is 2.87. The van der Waals surface area contributed by atoms with E-state index in [0.717, 1.165) is 11.1 Å². The number of benzene rings is 2. The van der Waals surface area contributed by atoms with Gasteiger partial charge >= 0.3 is 0 Å². The molecule has 2 aliphatic heterocycles. The second-order valence-electron chi connectivity index (χ2n) is 8.77. The second kappa shape index (κ2) is 9.17. The zero-order valence-corrected chi connectivity index (χ0v) is 19.0. The fraction of sp³-hybridized carbons (Fsp3) is 0.296. The number of carbonyl (C=O) groups is 2. The Morgan fingerprint density at radius 2 is 1.71 bits per heavy atom. The lowest BCUT2D eigenvalue weighted by Gasteiger charge is -2.31. The van der Waals surface area contributed by atoms with E-state index in [4.69, 9.17) is 9.47 Å². The summed E-state index contributed by atoms with van der Waals surface area (Å²) in [5.41, 5.74) is 2.97. The standard InChI is InChI=1S/C27H26N2O5/c1-17-3-2-4-19(15-17)22-7-6-21(26(31)28-22)27(32)29-11-9-18(10-12-29)25(30)20-5-8-23-24(16-20)34-14-13-33-23/h2-8,15-16,18H,9-14H2,1H3,(H,28,31). The highest BCUT2D eigenvalue weighted by atomic mass is 16.6. The van der Waals surface area contributed by atoms with Crippen LogP contribution >= 0.6 is 0 Å². The van der Waals surface area contributed by atoms with Crippen molar-refractivity contribution in [1.82, 2.24) is 9.88 Å². The van der Waals surface area contributed by atoms with Crippen LogP contribution in [0.1, 0.15) is 39.1 Å². The van der Waals surface area contributed by atoms with Crippen LogP contribution in [0.15, 0.2) is 59.4 Å². The molecule has 7 heteroatoms. The van der Waals surface area contributed by atoms with Crippen molar-refractivity contribution in [1.29, 1.82) is 0 Å². The molecule has 7 nitrogen and oxygen atoms in total. The number of nitrogens with one attached hydrogen (secondary N) is 1. The van der Waals surface area contributed by atoms with E-state index in [9.17, 15) is 14.4 Å². The summed E-state index contributed by atoms with van der Waals surface area (Å²) in [5.74, 6) is 0.820. The van der Waals surface area contributed by atoms with Gasteiger partial charge in [0.1, 0.15) is 18.8 Å². The van der Waals surface area contributed by atoms with Crippen LogP contribution in [0.3, 0.4) is 0 Å². The molecule has 3 heterocycles. The van der Waals surface area contributed by atoms with Crippen molar-refractivity contribution in [3.05, 3.63) is 81.6 Å². The van der Waals surface area contributed by atoms with Crippen molar-refractivity contribution in [2.75, 3.05) is 26.3 Å². The molecule has 174 valence electrons. The minimum absolute atomic E-state index is 0.0458. The summed E-state index contributed by atoms with van der Waals surface area (Å²) in [6.07, 6.45) is 1.11. The fourth-order valence-corrected chi connectivity index (χ4v) is 4.57. The number of hydrogen-bond donors (Lipinski definition) is 1. The summed E-state index contributed by atoms with van der Waals surface area (Å²) in [5, 5.41) is 0. The number of H-pyrrole nitrogens is 1. The lowest BCUT2D eigenvalue weighted by atomic mass is 9.88.